The molecule has 0 spiro atoms. The standard InChI is InChI=1S/C12H18N2/c1-9(8-14(4)5)12-6-10(2)13-11(3)7-12/h6-7H,1,8H2,2-5H3. The van der Waals surface area contributed by atoms with Crippen LogP contribution in [0.1, 0.15) is 17.0 Å². The van der Waals surface area contributed by atoms with Gasteiger partial charge < -0.3 is 4.90 Å². The maximum absolute atomic E-state index is 4.34. The smallest absolute Gasteiger partial charge is 0.0381 e. The van der Waals surface area contributed by atoms with Gasteiger partial charge in [-0.05, 0) is 51.2 Å². The Morgan fingerprint density at radius 1 is 1.29 bits per heavy atom. The van der Waals surface area contributed by atoms with Crippen LogP contribution in [0.4, 0.5) is 0 Å². The first kappa shape index (κ1) is 10.9. The second-order valence-corrected chi connectivity index (χ2v) is 3.98. The van der Waals surface area contributed by atoms with Crippen molar-refractivity contribution in [3.8, 4) is 0 Å². The maximum atomic E-state index is 4.34. The fraction of sp³-hybridized carbons (Fsp3) is 0.417. The van der Waals surface area contributed by atoms with Crippen LogP contribution in [0, 0.1) is 13.8 Å². The van der Waals surface area contributed by atoms with Crippen LogP contribution in [0.25, 0.3) is 5.57 Å². The predicted octanol–water partition coefficient (Wildman–Crippen LogP) is 2.27. The van der Waals surface area contributed by atoms with Crippen molar-refractivity contribution in [3.63, 3.8) is 0 Å². The fourth-order valence-electron chi connectivity index (χ4n) is 1.51. The zero-order chi connectivity index (χ0) is 10.7. The van der Waals surface area contributed by atoms with E-state index >= 15 is 0 Å². The monoisotopic (exact) mass is 190 g/mol. The van der Waals surface area contributed by atoms with Crippen molar-refractivity contribution in [1.82, 2.24) is 9.88 Å². The molecule has 0 aliphatic rings. The first-order chi connectivity index (χ1) is 6.49. The highest BCUT2D eigenvalue weighted by molar-refractivity contribution is 5.65. The summed E-state index contributed by atoms with van der Waals surface area (Å²) in [4.78, 5) is 6.46. The molecule has 1 aromatic rings. The number of aryl methyl sites for hydroxylation is 2. The largest absolute Gasteiger partial charge is 0.305 e. The summed E-state index contributed by atoms with van der Waals surface area (Å²) in [5.41, 5.74) is 4.45. The molecule has 0 N–H and O–H groups in total. The molecular weight excluding hydrogens is 172 g/mol. The first-order valence-corrected chi connectivity index (χ1v) is 4.77. The summed E-state index contributed by atoms with van der Waals surface area (Å²) in [7, 11) is 4.10. The Labute approximate surface area is 86.3 Å². The van der Waals surface area contributed by atoms with Gasteiger partial charge >= 0.3 is 0 Å². The highest BCUT2D eigenvalue weighted by Crippen LogP contribution is 2.14. The molecule has 1 rings (SSSR count). The van der Waals surface area contributed by atoms with Gasteiger partial charge in [0.2, 0.25) is 0 Å². The summed E-state index contributed by atoms with van der Waals surface area (Å²) < 4.78 is 0. The highest BCUT2D eigenvalue weighted by atomic mass is 15.0. The molecule has 0 amide bonds. The quantitative estimate of drug-likeness (QED) is 0.727. The lowest BCUT2D eigenvalue weighted by Crippen LogP contribution is -2.14. The number of pyridine rings is 1. The Morgan fingerprint density at radius 3 is 2.21 bits per heavy atom. The van der Waals surface area contributed by atoms with Crippen molar-refractivity contribution in [1.29, 1.82) is 0 Å². The molecule has 2 heteroatoms. The van der Waals surface area contributed by atoms with E-state index in [0.717, 1.165) is 23.5 Å². The molecule has 1 heterocycles. The van der Waals surface area contributed by atoms with Crippen LogP contribution in [0.3, 0.4) is 0 Å². The number of hydrogen-bond donors (Lipinski definition) is 0. The highest BCUT2D eigenvalue weighted by Gasteiger charge is 2.02. The molecule has 14 heavy (non-hydrogen) atoms. The second kappa shape index (κ2) is 4.38. The number of nitrogens with zero attached hydrogens (tertiary/aromatic N) is 2. The minimum atomic E-state index is 0.892. The van der Waals surface area contributed by atoms with Crippen molar-refractivity contribution in [3.05, 3.63) is 35.7 Å². The Hall–Kier alpha value is -1.15. The van der Waals surface area contributed by atoms with Gasteiger partial charge in [-0.25, -0.2) is 0 Å². The van der Waals surface area contributed by atoms with E-state index in [0.29, 0.717) is 0 Å². The van der Waals surface area contributed by atoms with Crippen molar-refractivity contribution in [2.24, 2.45) is 0 Å². The third-order valence-electron chi connectivity index (χ3n) is 2.00. The van der Waals surface area contributed by atoms with Gasteiger partial charge in [-0.1, -0.05) is 6.58 Å². The molecule has 0 saturated heterocycles. The van der Waals surface area contributed by atoms with Gasteiger partial charge in [-0.2, -0.15) is 0 Å². The van der Waals surface area contributed by atoms with Crippen molar-refractivity contribution in [2.45, 2.75) is 13.8 Å². The average molecular weight is 190 g/mol. The molecule has 2 nitrogen and oxygen atoms in total. The van der Waals surface area contributed by atoms with Crippen LogP contribution >= 0.6 is 0 Å². The van der Waals surface area contributed by atoms with E-state index < -0.39 is 0 Å². The van der Waals surface area contributed by atoms with Crippen LogP contribution < -0.4 is 0 Å². The lowest BCUT2D eigenvalue weighted by Gasteiger charge is -2.13. The Balaban J connectivity index is 2.90. The van der Waals surface area contributed by atoms with Gasteiger partial charge in [0, 0.05) is 17.9 Å². The fourth-order valence-corrected chi connectivity index (χ4v) is 1.51. The number of likely N-dealkylation sites (N-methyl/N-ethyl adjacent to an activating group) is 1. The molecule has 0 unspecified atom stereocenters. The summed E-state index contributed by atoms with van der Waals surface area (Å²) in [5, 5.41) is 0. The summed E-state index contributed by atoms with van der Waals surface area (Å²) in [5.74, 6) is 0. The predicted molar refractivity (Wildman–Crippen MR) is 61.3 cm³/mol. The lowest BCUT2D eigenvalue weighted by atomic mass is 10.1. The summed E-state index contributed by atoms with van der Waals surface area (Å²) in [6.07, 6.45) is 0. The average Bonchev–Trinajstić information content (AvgIpc) is 2.00. The van der Waals surface area contributed by atoms with Crippen LogP contribution in [0.5, 0.6) is 0 Å². The molecule has 0 bridgehead atoms. The molecule has 0 aromatic carbocycles. The summed E-state index contributed by atoms with van der Waals surface area (Å²) >= 11 is 0. The number of aromatic nitrogens is 1. The topological polar surface area (TPSA) is 16.1 Å². The van der Waals surface area contributed by atoms with Crippen LogP contribution in [0.2, 0.25) is 0 Å². The zero-order valence-electron chi connectivity index (χ0n) is 9.46. The van der Waals surface area contributed by atoms with Gasteiger partial charge in [-0.3, -0.25) is 4.98 Å². The van der Waals surface area contributed by atoms with Crippen LogP contribution in [0.15, 0.2) is 18.7 Å². The van der Waals surface area contributed by atoms with E-state index in [-0.39, 0.29) is 0 Å². The number of hydrogen-bond acceptors (Lipinski definition) is 2. The molecule has 0 atom stereocenters. The van der Waals surface area contributed by atoms with Crippen molar-refractivity contribution in [2.75, 3.05) is 20.6 Å². The first-order valence-electron chi connectivity index (χ1n) is 4.77. The van der Waals surface area contributed by atoms with Crippen molar-refractivity contribution < 1.29 is 0 Å². The zero-order valence-corrected chi connectivity index (χ0v) is 9.46. The molecule has 0 aliphatic heterocycles. The Bertz CT molecular complexity index is 320. The molecule has 0 saturated carbocycles. The van der Waals surface area contributed by atoms with Gasteiger partial charge in [-0.15, -0.1) is 0 Å². The summed E-state index contributed by atoms with van der Waals surface area (Å²) in [6.45, 7) is 9.00. The third kappa shape index (κ3) is 2.96. The van der Waals surface area contributed by atoms with E-state index in [4.69, 9.17) is 0 Å². The van der Waals surface area contributed by atoms with Crippen LogP contribution in [-0.4, -0.2) is 30.5 Å². The number of rotatable bonds is 3. The maximum Gasteiger partial charge on any atom is 0.0381 e. The van der Waals surface area contributed by atoms with E-state index in [1.807, 2.05) is 27.9 Å². The van der Waals surface area contributed by atoms with E-state index in [1.165, 1.54) is 5.56 Å². The van der Waals surface area contributed by atoms with Gasteiger partial charge in [0.25, 0.3) is 0 Å². The van der Waals surface area contributed by atoms with Gasteiger partial charge in [0.05, 0.1) is 0 Å². The normalized spacial score (nSPS) is 10.6. The molecule has 0 radical (unpaired) electrons. The SMILES string of the molecule is C=C(CN(C)C)c1cc(C)nc(C)c1. The molecular formula is C12H18N2. The van der Waals surface area contributed by atoms with Gasteiger partial charge in [0.1, 0.15) is 0 Å². The van der Waals surface area contributed by atoms with E-state index in [1.54, 1.807) is 0 Å². The minimum Gasteiger partial charge on any atom is -0.305 e. The minimum absolute atomic E-state index is 0.892. The van der Waals surface area contributed by atoms with Gasteiger partial charge in [0.15, 0.2) is 0 Å². The van der Waals surface area contributed by atoms with E-state index in [9.17, 15) is 0 Å². The molecule has 0 fully saturated rings. The van der Waals surface area contributed by atoms with Crippen molar-refractivity contribution >= 4 is 5.57 Å². The molecule has 0 aliphatic carbocycles. The molecule has 1 aromatic heterocycles. The lowest BCUT2D eigenvalue weighted by molar-refractivity contribution is 0.463. The third-order valence-corrected chi connectivity index (χ3v) is 2.00. The Morgan fingerprint density at radius 2 is 1.79 bits per heavy atom. The second-order valence-electron chi connectivity index (χ2n) is 3.98. The van der Waals surface area contributed by atoms with E-state index in [2.05, 4.69) is 28.6 Å². The Kier molecular flexibility index (Phi) is 3.42. The summed E-state index contributed by atoms with van der Waals surface area (Å²) in [6, 6.07) is 4.16. The molecule has 76 valence electrons. The van der Waals surface area contributed by atoms with Crippen LogP contribution in [-0.2, 0) is 0 Å².